The molecular formula is C23H22N4O4. The lowest BCUT2D eigenvalue weighted by Gasteiger charge is -2.33. The second-order valence-electron chi connectivity index (χ2n) is 7.78. The number of carbonyl (C=O) groups excluding carboxylic acids is 3. The minimum atomic E-state index is -1.17. The van der Waals surface area contributed by atoms with Crippen molar-refractivity contribution in [2.45, 2.75) is 18.4 Å². The summed E-state index contributed by atoms with van der Waals surface area (Å²) < 4.78 is 5.63. The Morgan fingerprint density at radius 3 is 2.84 bits per heavy atom. The van der Waals surface area contributed by atoms with Gasteiger partial charge in [0, 0.05) is 35.6 Å². The average Bonchev–Trinajstić information content (AvgIpc) is 3.29. The smallest absolute Gasteiger partial charge is 0.325 e. The zero-order valence-electron chi connectivity index (χ0n) is 16.8. The number of imide groups is 1. The van der Waals surface area contributed by atoms with Gasteiger partial charge in [0.15, 0.2) is 5.54 Å². The first-order valence-corrected chi connectivity index (χ1v) is 10.3. The van der Waals surface area contributed by atoms with Crippen molar-refractivity contribution in [1.82, 2.24) is 20.5 Å². The third kappa shape index (κ3) is 3.20. The summed E-state index contributed by atoms with van der Waals surface area (Å²) >= 11 is 0. The second kappa shape index (κ2) is 7.46. The number of benzene rings is 2. The minimum Gasteiger partial charge on any atom is -0.493 e. The highest BCUT2D eigenvalue weighted by Crippen LogP contribution is 2.40. The number of carbonyl (C=O) groups is 3. The summed E-state index contributed by atoms with van der Waals surface area (Å²) in [5.41, 5.74) is 1.60. The summed E-state index contributed by atoms with van der Waals surface area (Å²) in [5.74, 6) is -0.215. The van der Waals surface area contributed by atoms with Gasteiger partial charge in [0.2, 0.25) is 5.91 Å². The lowest BCUT2D eigenvalue weighted by atomic mass is 9.84. The van der Waals surface area contributed by atoms with Crippen molar-refractivity contribution < 1.29 is 19.1 Å². The first kappa shape index (κ1) is 19.2. The zero-order valence-corrected chi connectivity index (χ0v) is 16.8. The van der Waals surface area contributed by atoms with Crippen LogP contribution in [0.25, 0.3) is 10.9 Å². The molecule has 2 aliphatic rings. The molecule has 0 bridgehead atoms. The van der Waals surface area contributed by atoms with E-state index in [1.54, 1.807) is 18.2 Å². The van der Waals surface area contributed by atoms with Crippen LogP contribution in [0.3, 0.4) is 0 Å². The van der Waals surface area contributed by atoms with Crippen LogP contribution in [0.4, 0.5) is 4.79 Å². The van der Waals surface area contributed by atoms with E-state index in [9.17, 15) is 14.4 Å². The Morgan fingerprint density at radius 2 is 1.94 bits per heavy atom. The van der Waals surface area contributed by atoms with Crippen molar-refractivity contribution >= 4 is 28.7 Å². The van der Waals surface area contributed by atoms with E-state index >= 15 is 0 Å². The number of para-hydroxylation sites is 2. The molecule has 3 aromatic rings. The van der Waals surface area contributed by atoms with Gasteiger partial charge in [0.1, 0.15) is 12.3 Å². The van der Waals surface area contributed by atoms with Gasteiger partial charge in [-0.2, -0.15) is 0 Å². The molecule has 4 amide bonds. The Hall–Kier alpha value is -3.81. The number of hydrogen-bond acceptors (Lipinski definition) is 4. The Bertz CT molecular complexity index is 1190. The normalized spacial score (nSPS) is 19.9. The molecular weight excluding hydrogens is 396 g/mol. The van der Waals surface area contributed by atoms with E-state index < -0.39 is 17.5 Å². The van der Waals surface area contributed by atoms with E-state index in [0.29, 0.717) is 37.3 Å². The number of hydrogen-bond donors (Lipinski definition) is 3. The van der Waals surface area contributed by atoms with Crippen LogP contribution in [0.2, 0.25) is 0 Å². The van der Waals surface area contributed by atoms with E-state index in [4.69, 9.17) is 4.74 Å². The van der Waals surface area contributed by atoms with Crippen molar-refractivity contribution in [3.8, 4) is 5.75 Å². The largest absolute Gasteiger partial charge is 0.493 e. The number of nitrogens with one attached hydrogen (secondary N) is 3. The van der Waals surface area contributed by atoms with Gasteiger partial charge in [-0.05, 0) is 24.1 Å². The number of rotatable bonds is 5. The summed E-state index contributed by atoms with van der Waals surface area (Å²) in [6.45, 7) is 0.406. The molecule has 8 nitrogen and oxygen atoms in total. The third-order valence-electron chi connectivity index (χ3n) is 5.95. The molecule has 5 rings (SSSR count). The van der Waals surface area contributed by atoms with Crippen LogP contribution in [-0.2, 0) is 21.5 Å². The van der Waals surface area contributed by atoms with Crippen LogP contribution in [-0.4, -0.2) is 47.4 Å². The average molecular weight is 418 g/mol. The molecule has 1 saturated heterocycles. The number of urea groups is 1. The highest BCUT2D eigenvalue weighted by atomic mass is 16.5. The van der Waals surface area contributed by atoms with Crippen LogP contribution < -0.4 is 15.4 Å². The van der Waals surface area contributed by atoms with Crippen LogP contribution in [0.15, 0.2) is 54.7 Å². The SMILES string of the molecule is O=C(CN1C(=O)NC2(CCOc3ccccc32)C1=O)NCCc1c[nH]c2ccccc12. The first-order valence-electron chi connectivity index (χ1n) is 10.3. The second-order valence-corrected chi connectivity index (χ2v) is 7.78. The van der Waals surface area contributed by atoms with Gasteiger partial charge in [-0.1, -0.05) is 36.4 Å². The van der Waals surface area contributed by atoms with Gasteiger partial charge in [0.25, 0.3) is 5.91 Å². The van der Waals surface area contributed by atoms with Crippen molar-refractivity contribution in [3.63, 3.8) is 0 Å². The van der Waals surface area contributed by atoms with E-state index in [-0.39, 0.29) is 12.5 Å². The summed E-state index contributed by atoms with van der Waals surface area (Å²) in [4.78, 5) is 42.5. The summed E-state index contributed by atoms with van der Waals surface area (Å²) in [5, 5.41) is 6.73. The van der Waals surface area contributed by atoms with Gasteiger partial charge in [-0.25, -0.2) is 4.79 Å². The summed E-state index contributed by atoms with van der Waals surface area (Å²) in [7, 11) is 0. The van der Waals surface area contributed by atoms with Crippen molar-refractivity contribution in [2.75, 3.05) is 19.7 Å². The number of nitrogens with zero attached hydrogens (tertiary/aromatic N) is 1. The quantitative estimate of drug-likeness (QED) is 0.552. The molecule has 1 atom stereocenters. The zero-order chi connectivity index (χ0) is 21.4. The van der Waals surface area contributed by atoms with Crippen molar-refractivity contribution in [3.05, 3.63) is 65.9 Å². The number of amides is 4. The Morgan fingerprint density at radius 1 is 1.13 bits per heavy atom. The molecule has 3 N–H and O–H groups in total. The van der Waals surface area contributed by atoms with Gasteiger partial charge in [-0.3, -0.25) is 14.5 Å². The number of aromatic amines is 1. The number of H-pyrrole nitrogens is 1. The van der Waals surface area contributed by atoms with E-state index in [1.165, 1.54) is 0 Å². The molecule has 0 aliphatic carbocycles. The molecule has 158 valence electrons. The van der Waals surface area contributed by atoms with Crippen LogP contribution in [0.1, 0.15) is 17.5 Å². The fourth-order valence-corrected chi connectivity index (χ4v) is 4.39. The Kier molecular flexibility index (Phi) is 4.62. The molecule has 1 fully saturated rings. The third-order valence-corrected chi connectivity index (χ3v) is 5.95. The molecule has 0 radical (unpaired) electrons. The van der Waals surface area contributed by atoms with E-state index in [1.807, 2.05) is 36.5 Å². The molecule has 3 heterocycles. The molecule has 8 heteroatoms. The lowest BCUT2D eigenvalue weighted by Crippen LogP contribution is -2.48. The van der Waals surface area contributed by atoms with Crippen molar-refractivity contribution in [1.29, 1.82) is 0 Å². The van der Waals surface area contributed by atoms with Gasteiger partial charge < -0.3 is 20.4 Å². The Labute approximate surface area is 178 Å². The summed E-state index contributed by atoms with van der Waals surface area (Å²) in [6, 6.07) is 14.6. The highest BCUT2D eigenvalue weighted by molar-refractivity contribution is 6.09. The maximum atomic E-state index is 13.2. The fraction of sp³-hybridized carbons (Fsp3) is 0.261. The van der Waals surface area contributed by atoms with Gasteiger partial charge >= 0.3 is 6.03 Å². The van der Waals surface area contributed by atoms with Crippen LogP contribution in [0, 0.1) is 0 Å². The standard InChI is InChI=1S/C23H22N4O4/c28-20(24-11-9-15-13-25-18-7-3-1-5-16(15)18)14-27-21(29)23(26-22(27)30)10-12-31-19-8-4-2-6-17(19)23/h1-8,13,25H,9-12,14H2,(H,24,28)(H,26,30). The van der Waals surface area contributed by atoms with Gasteiger partial charge in [0.05, 0.1) is 6.61 Å². The molecule has 1 aromatic heterocycles. The maximum absolute atomic E-state index is 13.2. The van der Waals surface area contributed by atoms with Crippen molar-refractivity contribution in [2.24, 2.45) is 0 Å². The van der Waals surface area contributed by atoms with E-state index in [2.05, 4.69) is 15.6 Å². The van der Waals surface area contributed by atoms with Gasteiger partial charge in [-0.15, -0.1) is 0 Å². The number of ether oxygens (including phenoxy) is 1. The molecule has 1 unspecified atom stereocenters. The lowest BCUT2D eigenvalue weighted by molar-refractivity contribution is -0.136. The number of fused-ring (bicyclic) bond motifs is 3. The fourth-order valence-electron chi connectivity index (χ4n) is 4.39. The maximum Gasteiger partial charge on any atom is 0.325 e. The predicted octanol–water partition coefficient (Wildman–Crippen LogP) is 2.06. The monoisotopic (exact) mass is 418 g/mol. The highest BCUT2D eigenvalue weighted by Gasteiger charge is 2.55. The summed E-state index contributed by atoms with van der Waals surface area (Å²) in [6.07, 6.45) is 2.90. The molecule has 2 aromatic carbocycles. The number of aromatic nitrogens is 1. The first-order chi connectivity index (χ1) is 15.1. The minimum absolute atomic E-state index is 0.313. The van der Waals surface area contributed by atoms with Crippen LogP contribution >= 0.6 is 0 Å². The molecule has 31 heavy (non-hydrogen) atoms. The van der Waals surface area contributed by atoms with Crippen LogP contribution in [0.5, 0.6) is 5.75 Å². The molecule has 0 saturated carbocycles. The topological polar surface area (TPSA) is 104 Å². The molecule has 2 aliphatic heterocycles. The van der Waals surface area contributed by atoms with E-state index in [0.717, 1.165) is 21.4 Å². The predicted molar refractivity (Wildman–Crippen MR) is 113 cm³/mol. The Balaban J connectivity index is 1.24. The molecule has 1 spiro atoms.